The smallest absolute Gasteiger partial charge is 0.326 e. The molecular weight excluding hydrogens is 548 g/mol. The third-order valence-electron chi connectivity index (χ3n) is 8.19. The van der Waals surface area contributed by atoms with Crippen molar-refractivity contribution in [1.29, 1.82) is 0 Å². The van der Waals surface area contributed by atoms with Crippen molar-refractivity contribution in [2.75, 3.05) is 18.5 Å². The Balaban J connectivity index is 1.17. The summed E-state index contributed by atoms with van der Waals surface area (Å²) in [6, 6.07) is 19.5. The summed E-state index contributed by atoms with van der Waals surface area (Å²) in [5, 5.41) is 2.74. The van der Waals surface area contributed by atoms with Crippen molar-refractivity contribution in [3.63, 3.8) is 0 Å². The molecule has 1 fully saturated rings. The number of benzene rings is 3. The summed E-state index contributed by atoms with van der Waals surface area (Å²) < 4.78 is 6.10. The highest BCUT2D eigenvalue weighted by atomic mass is 79.9. The van der Waals surface area contributed by atoms with Gasteiger partial charge in [-0.3, -0.25) is 24.1 Å². The molecule has 1 heterocycles. The van der Waals surface area contributed by atoms with Crippen LogP contribution in [0.3, 0.4) is 0 Å². The lowest BCUT2D eigenvalue weighted by Gasteiger charge is -2.45. The van der Waals surface area contributed by atoms with E-state index in [1.165, 1.54) is 0 Å². The standard InChI is InChI=1S/C30H25BrN2O5/c1-15-16(2)22(12-11-21(15)31)32-23(34)14-38-24(35)13-33-29(36)27-25-17-7-3-4-8-18(17)26(28(27)30(33)37)20-10-6-5-9-19(20)25/h3-12,25-28H,13-14H2,1-2H3,(H,32,34)/t25?,26?,27-,28-/m1/s1. The Labute approximate surface area is 228 Å². The number of halogens is 1. The Morgan fingerprint density at radius 2 is 1.32 bits per heavy atom. The molecule has 0 spiro atoms. The lowest BCUT2D eigenvalue weighted by atomic mass is 9.55. The average Bonchev–Trinajstić information content (AvgIpc) is 3.17. The Hall–Kier alpha value is -3.78. The zero-order valence-corrected chi connectivity index (χ0v) is 22.4. The van der Waals surface area contributed by atoms with Gasteiger partial charge in [-0.25, -0.2) is 0 Å². The van der Waals surface area contributed by atoms with Crippen LogP contribution in [0.25, 0.3) is 0 Å². The van der Waals surface area contributed by atoms with Crippen LogP contribution in [0.5, 0.6) is 0 Å². The van der Waals surface area contributed by atoms with Crippen LogP contribution in [0.1, 0.15) is 45.2 Å². The quantitative estimate of drug-likeness (QED) is 0.360. The van der Waals surface area contributed by atoms with E-state index in [2.05, 4.69) is 21.2 Å². The highest BCUT2D eigenvalue weighted by Crippen LogP contribution is 2.60. The Morgan fingerprint density at radius 3 is 1.82 bits per heavy atom. The molecule has 2 bridgehead atoms. The third kappa shape index (κ3) is 3.69. The van der Waals surface area contributed by atoms with Crippen molar-refractivity contribution in [2.24, 2.45) is 11.8 Å². The fourth-order valence-electron chi connectivity index (χ4n) is 6.33. The van der Waals surface area contributed by atoms with Crippen molar-refractivity contribution in [3.8, 4) is 0 Å². The predicted molar refractivity (Wildman–Crippen MR) is 143 cm³/mol. The summed E-state index contributed by atoms with van der Waals surface area (Å²) in [7, 11) is 0. The maximum atomic E-state index is 13.6. The molecule has 4 aliphatic rings. The van der Waals surface area contributed by atoms with Gasteiger partial charge in [0.1, 0.15) is 6.54 Å². The average molecular weight is 573 g/mol. The fourth-order valence-corrected chi connectivity index (χ4v) is 6.75. The molecule has 0 radical (unpaired) electrons. The molecule has 3 aromatic rings. The van der Waals surface area contributed by atoms with Crippen molar-refractivity contribution >= 4 is 45.3 Å². The minimum atomic E-state index is -0.799. The summed E-state index contributed by atoms with van der Waals surface area (Å²) in [6.07, 6.45) is 0. The fraction of sp³-hybridized carbons (Fsp3) is 0.267. The molecule has 3 amide bonds. The molecule has 0 saturated carbocycles. The van der Waals surface area contributed by atoms with Gasteiger partial charge in [-0.05, 0) is 59.4 Å². The number of esters is 1. The van der Waals surface area contributed by atoms with Crippen LogP contribution in [-0.4, -0.2) is 41.7 Å². The first-order chi connectivity index (χ1) is 18.3. The second-order valence-electron chi connectivity index (χ2n) is 10.1. The molecule has 3 aliphatic carbocycles. The van der Waals surface area contributed by atoms with Crippen molar-refractivity contribution < 1.29 is 23.9 Å². The number of nitrogens with zero attached hydrogens (tertiary/aromatic N) is 1. The van der Waals surface area contributed by atoms with E-state index < -0.39 is 36.9 Å². The molecule has 1 saturated heterocycles. The lowest BCUT2D eigenvalue weighted by molar-refractivity contribution is -0.154. The second kappa shape index (κ2) is 9.20. The summed E-state index contributed by atoms with van der Waals surface area (Å²) >= 11 is 3.46. The molecule has 8 heteroatoms. The van der Waals surface area contributed by atoms with Crippen LogP contribution in [0, 0.1) is 25.7 Å². The van der Waals surface area contributed by atoms with Crippen LogP contribution in [0.2, 0.25) is 0 Å². The van der Waals surface area contributed by atoms with E-state index >= 15 is 0 Å². The van der Waals surface area contributed by atoms with Crippen molar-refractivity contribution in [1.82, 2.24) is 4.90 Å². The van der Waals surface area contributed by atoms with Crippen LogP contribution in [-0.2, 0) is 23.9 Å². The molecule has 3 aromatic carbocycles. The molecule has 2 atom stereocenters. The molecule has 1 N–H and O–H groups in total. The van der Waals surface area contributed by atoms with Crippen molar-refractivity contribution in [3.05, 3.63) is 98.5 Å². The van der Waals surface area contributed by atoms with E-state index in [9.17, 15) is 19.2 Å². The summed E-state index contributed by atoms with van der Waals surface area (Å²) in [5.41, 5.74) is 6.78. The van der Waals surface area contributed by atoms with Crippen LogP contribution >= 0.6 is 15.9 Å². The maximum Gasteiger partial charge on any atom is 0.326 e. The number of imide groups is 1. The van der Waals surface area contributed by atoms with E-state index in [1.807, 2.05) is 68.4 Å². The Bertz CT molecular complexity index is 1420. The largest absolute Gasteiger partial charge is 0.454 e. The number of likely N-dealkylation sites (tertiary alicyclic amines) is 1. The molecule has 7 nitrogen and oxygen atoms in total. The predicted octanol–water partition coefficient (Wildman–Crippen LogP) is 4.44. The van der Waals surface area contributed by atoms with Crippen molar-refractivity contribution in [2.45, 2.75) is 25.7 Å². The molecule has 7 rings (SSSR count). The topological polar surface area (TPSA) is 92.8 Å². The number of carbonyl (C=O) groups is 4. The van der Waals surface area contributed by atoms with E-state index in [0.29, 0.717) is 5.69 Å². The summed E-state index contributed by atoms with van der Waals surface area (Å²) in [4.78, 5) is 53.3. The van der Waals surface area contributed by atoms with Gasteiger partial charge in [-0.2, -0.15) is 0 Å². The minimum Gasteiger partial charge on any atom is -0.454 e. The molecule has 0 aromatic heterocycles. The number of carbonyl (C=O) groups excluding carboxylic acids is 4. The number of amides is 3. The Kier molecular flexibility index (Phi) is 5.94. The number of hydrogen-bond acceptors (Lipinski definition) is 5. The third-order valence-corrected chi connectivity index (χ3v) is 9.05. The van der Waals surface area contributed by atoms with Gasteiger partial charge in [0.05, 0.1) is 11.8 Å². The minimum absolute atomic E-state index is 0.238. The van der Waals surface area contributed by atoms with Crippen LogP contribution < -0.4 is 5.32 Å². The normalized spacial score (nSPS) is 22.6. The Morgan fingerprint density at radius 1 is 0.816 bits per heavy atom. The van der Waals surface area contributed by atoms with Gasteiger partial charge in [-0.15, -0.1) is 0 Å². The van der Waals surface area contributed by atoms with Gasteiger partial charge in [-0.1, -0.05) is 64.5 Å². The van der Waals surface area contributed by atoms with E-state index in [1.54, 1.807) is 6.07 Å². The zero-order valence-electron chi connectivity index (χ0n) is 20.9. The zero-order chi connectivity index (χ0) is 26.7. The number of hydrogen-bond donors (Lipinski definition) is 1. The maximum absolute atomic E-state index is 13.6. The van der Waals surface area contributed by atoms with Gasteiger partial charge < -0.3 is 10.1 Å². The highest BCUT2D eigenvalue weighted by molar-refractivity contribution is 9.10. The first-order valence-electron chi connectivity index (χ1n) is 12.5. The number of rotatable bonds is 5. The van der Waals surface area contributed by atoms with Gasteiger partial charge in [0, 0.05) is 22.0 Å². The second-order valence-corrected chi connectivity index (χ2v) is 10.9. The van der Waals surface area contributed by atoms with Gasteiger partial charge >= 0.3 is 5.97 Å². The molecular formula is C30H25BrN2O5. The first-order valence-corrected chi connectivity index (χ1v) is 13.3. The van der Waals surface area contributed by atoms with Gasteiger partial charge in [0.2, 0.25) is 11.8 Å². The first kappa shape index (κ1) is 24.6. The molecule has 192 valence electrons. The van der Waals surface area contributed by atoms with Gasteiger partial charge in [0.15, 0.2) is 6.61 Å². The number of ether oxygens (including phenoxy) is 1. The summed E-state index contributed by atoms with van der Waals surface area (Å²) in [6.45, 7) is 2.79. The molecule has 0 unspecified atom stereocenters. The van der Waals surface area contributed by atoms with E-state index in [4.69, 9.17) is 4.74 Å². The lowest BCUT2D eigenvalue weighted by Crippen LogP contribution is -2.41. The number of anilines is 1. The van der Waals surface area contributed by atoms with Gasteiger partial charge in [0.25, 0.3) is 5.91 Å². The highest BCUT2D eigenvalue weighted by Gasteiger charge is 2.61. The monoisotopic (exact) mass is 572 g/mol. The number of nitrogens with one attached hydrogen (secondary N) is 1. The molecule has 38 heavy (non-hydrogen) atoms. The van der Waals surface area contributed by atoms with E-state index in [-0.39, 0.29) is 23.7 Å². The van der Waals surface area contributed by atoms with Crippen LogP contribution in [0.15, 0.2) is 65.1 Å². The van der Waals surface area contributed by atoms with Crippen LogP contribution in [0.4, 0.5) is 5.69 Å². The summed E-state index contributed by atoms with van der Waals surface area (Å²) in [5.74, 6) is -3.61. The molecule has 1 aliphatic heterocycles. The van der Waals surface area contributed by atoms with E-state index in [0.717, 1.165) is 42.8 Å². The SMILES string of the molecule is Cc1c(Br)ccc(NC(=O)COC(=O)CN2C(=O)[C@@H]3C4c5ccccc5C(c5ccccc54)[C@H]3C2=O)c1C.